The number of rotatable bonds is 2. The van der Waals surface area contributed by atoms with Crippen molar-refractivity contribution in [1.29, 1.82) is 5.26 Å². The third-order valence-electron chi connectivity index (χ3n) is 1.54. The Bertz CT molecular complexity index is 456. The van der Waals surface area contributed by atoms with Gasteiger partial charge in [-0.3, -0.25) is 10.1 Å². The van der Waals surface area contributed by atoms with Gasteiger partial charge in [-0.25, -0.2) is 18.2 Å². The van der Waals surface area contributed by atoms with Gasteiger partial charge in [0.15, 0.2) is 17.1 Å². The Labute approximate surface area is 80.9 Å². The van der Waals surface area contributed by atoms with Crippen LogP contribution >= 0.6 is 0 Å². The molecule has 0 unspecified atom stereocenters. The first-order valence-corrected chi connectivity index (χ1v) is 3.50. The van der Waals surface area contributed by atoms with E-state index in [2.05, 4.69) is 4.98 Å². The molecule has 0 amide bonds. The summed E-state index contributed by atoms with van der Waals surface area (Å²) in [5.74, 6) is -1.30. The molecule has 0 radical (unpaired) electrons. The Hall–Kier alpha value is -2.17. The molecule has 0 N–H and O–H groups in total. The van der Waals surface area contributed by atoms with Crippen molar-refractivity contribution in [3.05, 3.63) is 33.4 Å². The first kappa shape index (κ1) is 10.9. The van der Waals surface area contributed by atoms with Crippen molar-refractivity contribution < 1.29 is 18.1 Å². The fraction of sp³-hybridized carbons (Fsp3) is 0.143. The molecule has 0 bridgehead atoms. The normalized spacial score (nSPS) is 10.1. The molecule has 8 heteroatoms. The average molecular weight is 217 g/mol. The lowest BCUT2D eigenvalue weighted by molar-refractivity contribution is -0.387. The van der Waals surface area contributed by atoms with Gasteiger partial charge in [0.05, 0.1) is 11.1 Å². The molecule has 78 valence electrons. The van der Waals surface area contributed by atoms with Crippen molar-refractivity contribution in [3.63, 3.8) is 0 Å². The quantitative estimate of drug-likeness (QED) is 0.560. The van der Waals surface area contributed by atoms with Gasteiger partial charge in [0.1, 0.15) is 6.07 Å². The van der Waals surface area contributed by atoms with E-state index in [4.69, 9.17) is 5.26 Å². The highest BCUT2D eigenvalue weighted by atomic mass is 19.3. The van der Waals surface area contributed by atoms with E-state index in [1.54, 1.807) is 0 Å². The van der Waals surface area contributed by atoms with Gasteiger partial charge in [-0.1, -0.05) is 0 Å². The van der Waals surface area contributed by atoms with Crippen LogP contribution in [0.4, 0.5) is 18.9 Å². The van der Waals surface area contributed by atoms with Crippen LogP contribution in [0.5, 0.6) is 0 Å². The Morgan fingerprint density at radius 2 is 2.20 bits per heavy atom. The van der Waals surface area contributed by atoms with Gasteiger partial charge in [0, 0.05) is 0 Å². The Kier molecular flexibility index (Phi) is 2.85. The van der Waals surface area contributed by atoms with Crippen LogP contribution in [0.15, 0.2) is 6.20 Å². The van der Waals surface area contributed by atoms with Gasteiger partial charge >= 0.3 is 5.69 Å². The highest BCUT2D eigenvalue weighted by Crippen LogP contribution is 2.30. The standard InChI is InChI=1S/C7H2F3N3O2/c8-4-2-12-5(7(9)10)6(13(14)15)3(4)1-11/h2,7H. The minimum absolute atomic E-state index is 0.354. The molecule has 0 aromatic carbocycles. The molecule has 5 nitrogen and oxygen atoms in total. The van der Waals surface area contributed by atoms with Gasteiger partial charge < -0.3 is 0 Å². The smallest absolute Gasteiger partial charge is 0.258 e. The molecule has 1 aromatic heterocycles. The Morgan fingerprint density at radius 1 is 1.60 bits per heavy atom. The topological polar surface area (TPSA) is 79.8 Å². The number of hydrogen-bond donors (Lipinski definition) is 0. The van der Waals surface area contributed by atoms with E-state index in [1.807, 2.05) is 0 Å². The zero-order valence-corrected chi connectivity index (χ0v) is 6.95. The molecule has 1 aromatic rings. The van der Waals surface area contributed by atoms with Gasteiger partial charge in [0.25, 0.3) is 6.43 Å². The molecule has 0 saturated heterocycles. The maximum Gasteiger partial charge on any atom is 0.317 e. The molecular formula is C7H2F3N3O2. The first-order chi connectivity index (χ1) is 6.99. The Balaban J connectivity index is 3.58. The number of nitrogens with zero attached hydrogens (tertiary/aromatic N) is 3. The van der Waals surface area contributed by atoms with Crippen molar-refractivity contribution >= 4 is 5.69 Å². The van der Waals surface area contributed by atoms with Crippen LogP contribution < -0.4 is 0 Å². The van der Waals surface area contributed by atoms with Gasteiger partial charge in [-0.05, 0) is 0 Å². The fourth-order valence-electron chi connectivity index (χ4n) is 0.944. The zero-order chi connectivity index (χ0) is 11.6. The number of aromatic nitrogens is 1. The van der Waals surface area contributed by atoms with E-state index >= 15 is 0 Å². The maximum absolute atomic E-state index is 12.8. The molecule has 0 aliphatic rings. The van der Waals surface area contributed by atoms with Crippen LogP contribution in [-0.2, 0) is 0 Å². The molecule has 15 heavy (non-hydrogen) atoms. The minimum Gasteiger partial charge on any atom is -0.258 e. The lowest BCUT2D eigenvalue weighted by Crippen LogP contribution is -2.04. The van der Waals surface area contributed by atoms with Crippen LogP contribution in [0.25, 0.3) is 0 Å². The second-order valence-corrected chi connectivity index (χ2v) is 2.38. The molecule has 0 atom stereocenters. The van der Waals surface area contributed by atoms with Crippen molar-refractivity contribution in [1.82, 2.24) is 4.98 Å². The molecule has 0 spiro atoms. The third-order valence-corrected chi connectivity index (χ3v) is 1.54. The molecule has 0 saturated carbocycles. The lowest BCUT2D eigenvalue weighted by atomic mass is 10.2. The predicted molar refractivity (Wildman–Crippen MR) is 40.5 cm³/mol. The van der Waals surface area contributed by atoms with Crippen molar-refractivity contribution in [3.8, 4) is 6.07 Å². The van der Waals surface area contributed by atoms with E-state index in [9.17, 15) is 23.3 Å². The molecule has 0 aliphatic heterocycles. The number of pyridine rings is 1. The maximum atomic E-state index is 12.8. The number of alkyl halides is 2. The van der Waals surface area contributed by atoms with Crippen molar-refractivity contribution in [2.24, 2.45) is 0 Å². The van der Waals surface area contributed by atoms with E-state index in [0.717, 1.165) is 6.07 Å². The van der Waals surface area contributed by atoms with E-state index < -0.39 is 34.1 Å². The van der Waals surface area contributed by atoms with Gasteiger partial charge in [-0.2, -0.15) is 5.26 Å². The molecular weight excluding hydrogens is 215 g/mol. The van der Waals surface area contributed by atoms with E-state index in [1.165, 1.54) is 0 Å². The summed E-state index contributed by atoms with van der Waals surface area (Å²) in [6.45, 7) is 0. The summed E-state index contributed by atoms with van der Waals surface area (Å²) in [5, 5.41) is 18.8. The highest BCUT2D eigenvalue weighted by molar-refractivity contribution is 5.52. The van der Waals surface area contributed by atoms with Crippen LogP contribution in [0.2, 0.25) is 0 Å². The summed E-state index contributed by atoms with van der Waals surface area (Å²) in [7, 11) is 0. The second-order valence-electron chi connectivity index (χ2n) is 2.38. The number of nitriles is 1. The van der Waals surface area contributed by atoms with Crippen LogP contribution in [0.3, 0.4) is 0 Å². The fourth-order valence-corrected chi connectivity index (χ4v) is 0.944. The molecule has 0 fully saturated rings. The Morgan fingerprint density at radius 3 is 2.60 bits per heavy atom. The van der Waals surface area contributed by atoms with Gasteiger partial charge in [0.2, 0.25) is 0 Å². The first-order valence-electron chi connectivity index (χ1n) is 3.50. The molecule has 1 heterocycles. The molecule has 0 aliphatic carbocycles. The average Bonchev–Trinajstić information content (AvgIpc) is 2.16. The van der Waals surface area contributed by atoms with Crippen molar-refractivity contribution in [2.45, 2.75) is 6.43 Å². The summed E-state index contributed by atoms with van der Waals surface area (Å²) in [6, 6.07) is 1.15. The number of hydrogen-bond acceptors (Lipinski definition) is 4. The summed E-state index contributed by atoms with van der Waals surface area (Å²) in [6.07, 6.45) is -2.88. The largest absolute Gasteiger partial charge is 0.317 e. The zero-order valence-electron chi connectivity index (χ0n) is 6.95. The number of nitro groups is 1. The summed E-state index contributed by atoms with van der Waals surface area (Å²) >= 11 is 0. The molecule has 1 rings (SSSR count). The van der Waals surface area contributed by atoms with Crippen LogP contribution in [0, 0.1) is 27.3 Å². The highest BCUT2D eigenvalue weighted by Gasteiger charge is 2.30. The number of halogens is 3. The summed E-state index contributed by atoms with van der Waals surface area (Å²) < 4.78 is 37.3. The SMILES string of the molecule is N#Cc1c(F)cnc(C(F)F)c1[N+](=O)[O-]. The minimum atomic E-state index is -3.24. The monoisotopic (exact) mass is 217 g/mol. The van der Waals surface area contributed by atoms with E-state index in [-0.39, 0.29) is 0 Å². The predicted octanol–water partition coefficient (Wildman–Crippen LogP) is 1.94. The van der Waals surface area contributed by atoms with Crippen LogP contribution in [-0.4, -0.2) is 9.91 Å². The van der Waals surface area contributed by atoms with Gasteiger partial charge in [-0.15, -0.1) is 0 Å². The third kappa shape index (κ3) is 1.85. The summed E-state index contributed by atoms with van der Waals surface area (Å²) in [5.41, 5.74) is -3.53. The summed E-state index contributed by atoms with van der Waals surface area (Å²) in [4.78, 5) is 12.0. The lowest BCUT2D eigenvalue weighted by Gasteiger charge is -2.02. The van der Waals surface area contributed by atoms with Crippen LogP contribution in [0.1, 0.15) is 17.7 Å². The second kappa shape index (κ2) is 3.91. The van der Waals surface area contributed by atoms with Crippen molar-refractivity contribution in [2.75, 3.05) is 0 Å². The van der Waals surface area contributed by atoms with E-state index in [0.29, 0.717) is 6.20 Å².